The van der Waals surface area contributed by atoms with Crippen LogP contribution in [-0.4, -0.2) is 24.4 Å². The molecule has 8 heteroatoms. The monoisotopic (exact) mass is 278 g/mol. The summed E-state index contributed by atoms with van der Waals surface area (Å²) in [5, 5.41) is 0. The second-order valence-corrected chi connectivity index (χ2v) is 3.70. The molecule has 0 saturated carbocycles. The maximum absolute atomic E-state index is 12.2. The molecule has 0 unspecified atom stereocenters. The highest BCUT2D eigenvalue weighted by atomic mass is 19.4. The summed E-state index contributed by atoms with van der Waals surface area (Å²) >= 11 is 0. The zero-order valence-electron chi connectivity index (χ0n) is 10.4. The van der Waals surface area contributed by atoms with Crippen molar-refractivity contribution < 1.29 is 27.4 Å². The molecule has 1 heterocycles. The molecule has 0 amide bonds. The Kier molecular flexibility index (Phi) is 4.71. The second-order valence-electron chi connectivity index (χ2n) is 3.70. The van der Waals surface area contributed by atoms with Crippen LogP contribution < -0.4 is 10.5 Å². The average molecular weight is 278 g/mol. The first-order valence-electron chi connectivity index (χ1n) is 5.29. The number of rotatable bonds is 4. The number of nitrogens with zero attached hydrogens (tertiary/aromatic N) is 1. The van der Waals surface area contributed by atoms with Crippen molar-refractivity contribution in [3.63, 3.8) is 0 Å². The Morgan fingerprint density at radius 2 is 2.11 bits per heavy atom. The third-order valence-electron chi connectivity index (χ3n) is 2.43. The Morgan fingerprint density at radius 3 is 2.58 bits per heavy atom. The van der Waals surface area contributed by atoms with Gasteiger partial charge in [-0.15, -0.1) is 13.2 Å². The molecule has 0 aliphatic heterocycles. The second kappa shape index (κ2) is 5.87. The van der Waals surface area contributed by atoms with Gasteiger partial charge in [-0.1, -0.05) is 0 Å². The van der Waals surface area contributed by atoms with Gasteiger partial charge >= 0.3 is 12.3 Å². The summed E-state index contributed by atoms with van der Waals surface area (Å²) in [6.07, 6.45) is -5.03. The van der Waals surface area contributed by atoms with Gasteiger partial charge in [0.15, 0.2) is 0 Å². The highest BCUT2D eigenvalue weighted by Crippen LogP contribution is 2.25. The highest BCUT2D eigenvalue weighted by Gasteiger charge is 2.32. The lowest BCUT2D eigenvalue weighted by Gasteiger charge is -2.13. The molecule has 0 aromatic carbocycles. The van der Waals surface area contributed by atoms with E-state index in [1.54, 1.807) is 6.92 Å². The van der Waals surface area contributed by atoms with Crippen LogP contribution in [-0.2, 0) is 22.5 Å². The summed E-state index contributed by atoms with van der Waals surface area (Å²) in [5.41, 5.74) is 6.52. The summed E-state index contributed by atoms with van der Waals surface area (Å²) in [7, 11) is 1.19. The number of hydrogen-bond donors (Lipinski definition) is 1. The number of alkyl halides is 3. The van der Waals surface area contributed by atoms with E-state index in [1.807, 2.05) is 0 Å². The quantitative estimate of drug-likeness (QED) is 0.844. The topological polar surface area (TPSA) is 74.4 Å². The number of aromatic nitrogens is 1. The smallest absolute Gasteiger partial charge is 0.469 e. The Hall–Kier alpha value is -1.83. The summed E-state index contributed by atoms with van der Waals surface area (Å²) < 4.78 is 44.7. The molecule has 2 N–H and O–H groups in total. The molecular weight excluding hydrogens is 265 g/mol. The number of nitrogens with two attached hydrogens (primary N) is 1. The third-order valence-corrected chi connectivity index (χ3v) is 2.43. The van der Waals surface area contributed by atoms with Crippen molar-refractivity contribution in [2.75, 3.05) is 7.11 Å². The van der Waals surface area contributed by atoms with E-state index < -0.39 is 18.2 Å². The van der Waals surface area contributed by atoms with E-state index in [-0.39, 0.29) is 18.7 Å². The molecule has 0 spiro atoms. The van der Waals surface area contributed by atoms with E-state index in [1.165, 1.54) is 7.11 Å². The van der Waals surface area contributed by atoms with Crippen LogP contribution in [0.2, 0.25) is 0 Å². The predicted molar refractivity (Wildman–Crippen MR) is 59.3 cm³/mol. The first-order chi connectivity index (χ1) is 8.76. The molecule has 0 bridgehead atoms. The van der Waals surface area contributed by atoms with Gasteiger partial charge in [0.05, 0.1) is 19.2 Å². The molecule has 0 aliphatic rings. The lowest BCUT2D eigenvalue weighted by Crippen LogP contribution is -2.19. The van der Waals surface area contributed by atoms with Gasteiger partial charge in [-0.3, -0.25) is 4.79 Å². The minimum atomic E-state index is -4.85. The Balaban J connectivity index is 3.14. The summed E-state index contributed by atoms with van der Waals surface area (Å²) in [6, 6.07) is 1.05. The normalized spacial score (nSPS) is 11.3. The fraction of sp³-hybridized carbons (Fsp3) is 0.455. The zero-order chi connectivity index (χ0) is 14.6. The standard InChI is InChI=1S/C11H13F3N2O3/c1-6-7(4-10(17)18-2)3-9(16-8(6)5-15)19-11(12,13)14/h3H,4-5,15H2,1-2H3. The summed E-state index contributed by atoms with van der Waals surface area (Å²) in [5.74, 6) is -1.22. The van der Waals surface area contributed by atoms with Crippen molar-refractivity contribution in [3.05, 3.63) is 22.9 Å². The van der Waals surface area contributed by atoms with Crippen molar-refractivity contribution in [1.82, 2.24) is 4.98 Å². The van der Waals surface area contributed by atoms with Gasteiger partial charge in [0.1, 0.15) is 0 Å². The van der Waals surface area contributed by atoms with Gasteiger partial charge in [0, 0.05) is 12.6 Å². The molecule has 0 atom stereocenters. The Bertz CT molecular complexity index is 475. The molecule has 106 valence electrons. The first kappa shape index (κ1) is 15.2. The van der Waals surface area contributed by atoms with Gasteiger partial charge in [-0.05, 0) is 18.1 Å². The van der Waals surface area contributed by atoms with E-state index in [4.69, 9.17) is 5.73 Å². The van der Waals surface area contributed by atoms with Crippen LogP contribution in [0.3, 0.4) is 0 Å². The van der Waals surface area contributed by atoms with Crippen LogP contribution in [0.25, 0.3) is 0 Å². The van der Waals surface area contributed by atoms with E-state index in [0.717, 1.165) is 6.07 Å². The molecule has 5 nitrogen and oxygen atoms in total. The Morgan fingerprint density at radius 1 is 1.47 bits per heavy atom. The summed E-state index contributed by atoms with van der Waals surface area (Å²) in [6.45, 7) is 1.56. The maximum Gasteiger partial charge on any atom is 0.574 e. The van der Waals surface area contributed by atoms with Crippen molar-refractivity contribution in [3.8, 4) is 5.88 Å². The minimum Gasteiger partial charge on any atom is -0.469 e. The van der Waals surface area contributed by atoms with Gasteiger partial charge in [-0.2, -0.15) is 0 Å². The van der Waals surface area contributed by atoms with Crippen LogP contribution >= 0.6 is 0 Å². The van der Waals surface area contributed by atoms with Crippen LogP contribution in [0.15, 0.2) is 6.07 Å². The van der Waals surface area contributed by atoms with Crippen molar-refractivity contribution in [1.29, 1.82) is 0 Å². The molecule has 1 aromatic rings. The SMILES string of the molecule is COC(=O)Cc1cc(OC(F)(F)F)nc(CN)c1C. The highest BCUT2D eigenvalue weighted by molar-refractivity contribution is 5.73. The Labute approximate surface area is 107 Å². The summed E-state index contributed by atoms with van der Waals surface area (Å²) in [4.78, 5) is 14.8. The van der Waals surface area contributed by atoms with E-state index in [2.05, 4.69) is 14.5 Å². The zero-order valence-corrected chi connectivity index (χ0v) is 10.4. The van der Waals surface area contributed by atoms with Crippen LogP contribution in [0.4, 0.5) is 13.2 Å². The first-order valence-corrected chi connectivity index (χ1v) is 5.29. The molecule has 1 aromatic heterocycles. The van der Waals surface area contributed by atoms with E-state index >= 15 is 0 Å². The van der Waals surface area contributed by atoms with E-state index in [9.17, 15) is 18.0 Å². The van der Waals surface area contributed by atoms with Gasteiger partial charge in [-0.25, -0.2) is 4.98 Å². The van der Waals surface area contributed by atoms with Crippen LogP contribution in [0, 0.1) is 6.92 Å². The third kappa shape index (κ3) is 4.40. The molecule has 0 fully saturated rings. The molecule has 19 heavy (non-hydrogen) atoms. The van der Waals surface area contributed by atoms with Gasteiger partial charge < -0.3 is 15.2 Å². The maximum atomic E-state index is 12.2. The molecule has 0 saturated heterocycles. The number of esters is 1. The van der Waals surface area contributed by atoms with Gasteiger partial charge in [0.25, 0.3) is 0 Å². The number of ether oxygens (including phenoxy) is 2. The van der Waals surface area contributed by atoms with Crippen LogP contribution in [0.5, 0.6) is 5.88 Å². The molecule has 1 rings (SSSR count). The van der Waals surface area contributed by atoms with E-state index in [0.29, 0.717) is 11.1 Å². The van der Waals surface area contributed by atoms with Crippen LogP contribution in [0.1, 0.15) is 16.8 Å². The molecule has 0 aliphatic carbocycles. The van der Waals surface area contributed by atoms with Crippen molar-refractivity contribution in [2.24, 2.45) is 5.73 Å². The minimum absolute atomic E-state index is 0.0605. The van der Waals surface area contributed by atoms with Crippen molar-refractivity contribution in [2.45, 2.75) is 26.3 Å². The number of halogens is 3. The lowest BCUT2D eigenvalue weighted by molar-refractivity contribution is -0.276. The van der Waals surface area contributed by atoms with Gasteiger partial charge in [0.2, 0.25) is 5.88 Å². The number of carbonyl (C=O) groups is 1. The number of carbonyl (C=O) groups excluding carboxylic acids is 1. The fourth-order valence-corrected chi connectivity index (χ4v) is 1.47. The lowest BCUT2D eigenvalue weighted by atomic mass is 10.0. The molecule has 0 radical (unpaired) electrons. The average Bonchev–Trinajstić information content (AvgIpc) is 2.30. The molecular formula is C11H13F3N2O3. The largest absolute Gasteiger partial charge is 0.574 e. The number of hydrogen-bond acceptors (Lipinski definition) is 5. The number of pyridine rings is 1. The predicted octanol–water partition coefficient (Wildman–Crippen LogP) is 1.46. The fourth-order valence-electron chi connectivity index (χ4n) is 1.47. The van der Waals surface area contributed by atoms with Crippen molar-refractivity contribution >= 4 is 5.97 Å². The number of methoxy groups -OCH3 is 1.